The number of hydrogen-bond acceptors (Lipinski definition) is 5. The van der Waals surface area contributed by atoms with Crippen LogP contribution in [0.2, 0.25) is 15.1 Å². The van der Waals surface area contributed by atoms with Crippen molar-refractivity contribution in [2.24, 2.45) is 5.16 Å². The Morgan fingerprint density at radius 1 is 1.06 bits per heavy atom. The van der Waals surface area contributed by atoms with E-state index in [1.165, 1.54) is 0 Å². The van der Waals surface area contributed by atoms with Gasteiger partial charge in [-0.2, -0.15) is 13.2 Å². The van der Waals surface area contributed by atoms with Crippen LogP contribution in [0.3, 0.4) is 0 Å². The van der Waals surface area contributed by atoms with Crippen molar-refractivity contribution in [3.63, 3.8) is 0 Å². The molecule has 0 unspecified atom stereocenters. The fraction of sp³-hybridized carbons (Fsp3) is 0.350. The zero-order chi connectivity index (χ0) is 23.0. The Hall–Kier alpha value is -2.23. The number of pyridine rings is 1. The molecule has 6 nitrogen and oxygen atoms in total. The van der Waals surface area contributed by atoms with E-state index in [-0.39, 0.29) is 23.2 Å². The molecule has 2 aromatic rings. The van der Waals surface area contributed by atoms with E-state index in [9.17, 15) is 18.0 Å². The molecule has 4 rings (SSSR count). The molecule has 1 amide bonds. The average Bonchev–Trinajstić information content (AvgIpc) is 3.22. The van der Waals surface area contributed by atoms with Crippen molar-refractivity contribution in [2.45, 2.75) is 18.7 Å². The Bertz CT molecular complexity index is 1050. The maximum absolute atomic E-state index is 12.9. The molecule has 12 heteroatoms. The summed E-state index contributed by atoms with van der Waals surface area (Å²) in [5, 5.41) is 4.75. The van der Waals surface area contributed by atoms with Crippen molar-refractivity contribution in [1.82, 2.24) is 9.88 Å². The first kappa shape index (κ1) is 22.9. The summed E-state index contributed by atoms with van der Waals surface area (Å²) in [5.41, 5.74) is 0.130. The minimum Gasteiger partial charge on any atom is -0.382 e. The topological polar surface area (TPSA) is 58.0 Å². The largest absolute Gasteiger partial charge is 0.417 e. The monoisotopic (exact) mass is 506 g/mol. The molecule has 0 N–H and O–H groups in total. The van der Waals surface area contributed by atoms with E-state index in [1.807, 2.05) is 0 Å². The van der Waals surface area contributed by atoms with Crippen molar-refractivity contribution in [3.8, 4) is 0 Å². The quantitative estimate of drug-likeness (QED) is 0.593. The molecule has 3 heterocycles. The van der Waals surface area contributed by atoms with E-state index in [4.69, 9.17) is 39.6 Å². The molecule has 1 aromatic heterocycles. The second-order valence-electron chi connectivity index (χ2n) is 7.27. The van der Waals surface area contributed by atoms with Crippen LogP contribution in [0.15, 0.2) is 35.6 Å². The third-order valence-electron chi connectivity index (χ3n) is 5.24. The summed E-state index contributed by atoms with van der Waals surface area (Å²) < 4.78 is 38.5. The molecule has 1 saturated heterocycles. The van der Waals surface area contributed by atoms with Crippen LogP contribution in [0.25, 0.3) is 0 Å². The highest BCUT2D eigenvalue weighted by Crippen LogP contribution is 2.34. The van der Waals surface area contributed by atoms with Crippen LogP contribution in [0, 0.1) is 0 Å². The van der Waals surface area contributed by atoms with Crippen LogP contribution in [-0.4, -0.2) is 53.8 Å². The highest BCUT2D eigenvalue weighted by Gasteiger charge is 2.36. The molecule has 2 aliphatic heterocycles. The molecule has 0 radical (unpaired) electrons. The van der Waals surface area contributed by atoms with Crippen LogP contribution in [0.5, 0.6) is 0 Å². The molecule has 1 fully saturated rings. The summed E-state index contributed by atoms with van der Waals surface area (Å²) in [7, 11) is 0. The summed E-state index contributed by atoms with van der Waals surface area (Å²) in [4.78, 5) is 25.5. The van der Waals surface area contributed by atoms with Gasteiger partial charge >= 0.3 is 6.18 Å². The Morgan fingerprint density at radius 2 is 1.72 bits per heavy atom. The predicted molar refractivity (Wildman–Crippen MR) is 116 cm³/mol. The van der Waals surface area contributed by atoms with E-state index in [2.05, 4.69) is 10.1 Å². The summed E-state index contributed by atoms with van der Waals surface area (Å²) in [6.45, 7) is 1.39. The second kappa shape index (κ2) is 8.96. The first-order chi connectivity index (χ1) is 15.1. The average molecular weight is 508 g/mol. The summed E-state index contributed by atoms with van der Waals surface area (Å²) in [6.07, 6.45) is -4.33. The predicted octanol–water partition coefficient (Wildman–Crippen LogP) is 4.90. The van der Waals surface area contributed by atoms with E-state index >= 15 is 0 Å². The van der Waals surface area contributed by atoms with E-state index in [1.54, 1.807) is 28.0 Å². The summed E-state index contributed by atoms with van der Waals surface area (Å²) in [5.74, 6) is 0.0147. The van der Waals surface area contributed by atoms with Crippen LogP contribution < -0.4 is 4.90 Å². The smallest absolute Gasteiger partial charge is 0.382 e. The fourth-order valence-electron chi connectivity index (χ4n) is 3.59. The lowest BCUT2D eigenvalue weighted by atomic mass is 10.0. The van der Waals surface area contributed by atoms with Gasteiger partial charge in [0.2, 0.25) is 6.10 Å². The lowest BCUT2D eigenvalue weighted by Crippen LogP contribution is -2.51. The Balaban J connectivity index is 1.37. The number of nitrogens with zero attached hydrogens (tertiary/aromatic N) is 4. The lowest BCUT2D eigenvalue weighted by Gasteiger charge is -2.36. The van der Waals surface area contributed by atoms with E-state index in [0.717, 1.165) is 12.3 Å². The molecule has 32 heavy (non-hydrogen) atoms. The minimum atomic E-state index is -4.52. The van der Waals surface area contributed by atoms with Gasteiger partial charge in [-0.3, -0.25) is 4.79 Å². The first-order valence-electron chi connectivity index (χ1n) is 9.58. The normalized spacial score (nSPS) is 19.1. The Labute approximate surface area is 196 Å². The van der Waals surface area contributed by atoms with Gasteiger partial charge in [-0.25, -0.2) is 4.98 Å². The molecule has 170 valence electrons. The number of anilines is 1. The number of hydrogen-bond donors (Lipinski definition) is 0. The molecule has 0 aliphatic carbocycles. The maximum atomic E-state index is 12.9. The fourth-order valence-corrected chi connectivity index (χ4v) is 4.49. The number of oxime groups is 1. The number of halogens is 6. The molecule has 1 atom stereocenters. The molecule has 0 saturated carbocycles. The molecular formula is C20H16Cl3F3N4O2. The zero-order valence-electron chi connectivity index (χ0n) is 16.4. The van der Waals surface area contributed by atoms with Crippen molar-refractivity contribution in [1.29, 1.82) is 0 Å². The minimum absolute atomic E-state index is 0.0895. The molecule has 0 bridgehead atoms. The number of rotatable bonds is 3. The van der Waals surface area contributed by atoms with Gasteiger partial charge < -0.3 is 14.6 Å². The highest BCUT2D eigenvalue weighted by molar-refractivity contribution is 6.40. The molecular weight excluding hydrogens is 492 g/mol. The number of aromatic nitrogens is 1. The van der Waals surface area contributed by atoms with E-state index < -0.39 is 17.8 Å². The van der Waals surface area contributed by atoms with Gasteiger partial charge in [-0.05, 0) is 18.2 Å². The van der Waals surface area contributed by atoms with Gasteiger partial charge in [0.1, 0.15) is 5.82 Å². The number of carbonyl (C=O) groups excluding carboxylic acids is 1. The maximum Gasteiger partial charge on any atom is 0.417 e. The van der Waals surface area contributed by atoms with Gasteiger partial charge in [0.05, 0.1) is 26.3 Å². The van der Waals surface area contributed by atoms with E-state index in [0.29, 0.717) is 47.5 Å². The van der Waals surface area contributed by atoms with Crippen molar-refractivity contribution in [3.05, 3.63) is 56.7 Å². The van der Waals surface area contributed by atoms with Crippen molar-refractivity contribution >= 4 is 52.2 Å². The van der Waals surface area contributed by atoms with Gasteiger partial charge in [0.15, 0.2) is 0 Å². The lowest BCUT2D eigenvalue weighted by molar-refractivity contribution is -0.142. The standard InChI is InChI=1S/C20H16Cl3F3N4O2/c21-12-2-1-3-13(22)17(12)15-9-16(32-28-15)19(31)30-6-4-29(5-7-30)18-14(23)8-11(10-27-18)20(24,25)26/h1-3,8,10,16H,4-7,9H2/t16-/m1/s1. The Kier molecular flexibility index (Phi) is 6.42. The number of piperazine rings is 1. The molecule has 2 aliphatic rings. The zero-order valence-corrected chi connectivity index (χ0v) is 18.6. The molecule has 1 aromatic carbocycles. The van der Waals surface area contributed by atoms with Crippen LogP contribution >= 0.6 is 34.8 Å². The van der Waals surface area contributed by atoms with Gasteiger partial charge in [-0.15, -0.1) is 0 Å². The number of benzene rings is 1. The number of amides is 1. The van der Waals surface area contributed by atoms with Crippen LogP contribution in [0.1, 0.15) is 17.5 Å². The van der Waals surface area contributed by atoms with Gasteiger partial charge in [0.25, 0.3) is 5.91 Å². The van der Waals surface area contributed by atoms with Crippen molar-refractivity contribution < 1.29 is 22.8 Å². The number of alkyl halides is 3. The highest BCUT2D eigenvalue weighted by atomic mass is 35.5. The van der Waals surface area contributed by atoms with Crippen molar-refractivity contribution in [2.75, 3.05) is 31.1 Å². The number of carbonyl (C=O) groups is 1. The first-order valence-corrected chi connectivity index (χ1v) is 10.7. The summed E-state index contributed by atoms with van der Waals surface area (Å²) in [6, 6.07) is 5.93. The van der Waals surface area contributed by atoms with Gasteiger partial charge in [0, 0.05) is 44.4 Å². The summed E-state index contributed by atoms with van der Waals surface area (Å²) >= 11 is 18.4. The van der Waals surface area contributed by atoms with Gasteiger partial charge in [-0.1, -0.05) is 46.0 Å². The van der Waals surface area contributed by atoms with Crippen LogP contribution in [0.4, 0.5) is 19.0 Å². The third-order valence-corrected chi connectivity index (χ3v) is 6.14. The third kappa shape index (κ3) is 4.60. The second-order valence-corrected chi connectivity index (χ2v) is 8.49. The molecule has 0 spiro atoms. The Morgan fingerprint density at radius 3 is 2.31 bits per heavy atom. The van der Waals surface area contributed by atoms with Crippen LogP contribution in [-0.2, 0) is 15.8 Å². The SMILES string of the molecule is O=C([C@H]1CC(c2c(Cl)cccc2Cl)=NO1)N1CCN(c2ncc(C(F)(F)F)cc2Cl)CC1.